The number of methoxy groups -OCH3 is 1. The maximum atomic E-state index is 12.1. The minimum Gasteiger partial charge on any atom is -0.496 e. The minimum atomic E-state index is -4.67. The molecule has 0 atom stereocenters. The molecule has 0 saturated heterocycles. The number of benzene rings is 2. The lowest BCUT2D eigenvalue weighted by atomic mass is 10.0. The second-order valence-electron chi connectivity index (χ2n) is 4.26. The lowest BCUT2D eigenvalue weighted by Gasteiger charge is -2.10. The summed E-state index contributed by atoms with van der Waals surface area (Å²) in [5.41, 5.74) is 2.67. The molecule has 2 rings (SSSR count). The van der Waals surface area contributed by atoms with Gasteiger partial charge in [-0.2, -0.15) is 0 Å². The summed E-state index contributed by atoms with van der Waals surface area (Å²) in [5.74, 6) is 0.539. The molecule has 0 unspecified atom stereocenters. The van der Waals surface area contributed by atoms with Crippen molar-refractivity contribution in [2.24, 2.45) is 0 Å². The van der Waals surface area contributed by atoms with Crippen LogP contribution in [0.1, 0.15) is 5.56 Å². The Morgan fingerprint density at radius 3 is 2.00 bits per heavy atom. The maximum Gasteiger partial charge on any atom is 0.573 e. The Labute approximate surface area is 114 Å². The van der Waals surface area contributed by atoms with E-state index in [1.54, 1.807) is 19.2 Å². The zero-order valence-electron chi connectivity index (χ0n) is 11.0. The number of alkyl halides is 3. The van der Waals surface area contributed by atoms with Crippen LogP contribution in [-0.2, 0) is 0 Å². The van der Waals surface area contributed by atoms with Gasteiger partial charge in [0.2, 0.25) is 0 Å². The average molecular weight is 282 g/mol. The van der Waals surface area contributed by atoms with E-state index in [1.165, 1.54) is 12.1 Å². The van der Waals surface area contributed by atoms with Gasteiger partial charge in [0.1, 0.15) is 11.5 Å². The van der Waals surface area contributed by atoms with Crippen molar-refractivity contribution in [2.45, 2.75) is 13.3 Å². The predicted octanol–water partition coefficient (Wildman–Crippen LogP) is 4.57. The maximum absolute atomic E-state index is 12.1. The molecule has 2 nitrogen and oxygen atoms in total. The summed E-state index contributed by atoms with van der Waals surface area (Å²) in [5, 5.41) is 0. The molecule has 0 N–H and O–H groups in total. The SMILES string of the molecule is COc1ccc(-c2ccc(OC(F)(F)F)cc2)cc1C. The molecule has 0 aromatic heterocycles. The largest absolute Gasteiger partial charge is 0.573 e. The summed E-state index contributed by atoms with van der Waals surface area (Å²) >= 11 is 0. The fourth-order valence-corrected chi connectivity index (χ4v) is 1.91. The van der Waals surface area contributed by atoms with Gasteiger partial charge in [-0.1, -0.05) is 18.2 Å². The van der Waals surface area contributed by atoms with Crippen LogP contribution in [0.25, 0.3) is 11.1 Å². The fraction of sp³-hybridized carbons (Fsp3) is 0.200. The molecule has 20 heavy (non-hydrogen) atoms. The van der Waals surface area contributed by atoms with Crippen molar-refractivity contribution in [2.75, 3.05) is 7.11 Å². The Bertz CT molecular complexity index is 589. The van der Waals surface area contributed by atoms with Gasteiger partial charge in [-0.15, -0.1) is 13.2 Å². The highest BCUT2D eigenvalue weighted by molar-refractivity contribution is 5.66. The number of aryl methyl sites for hydroxylation is 1. The van der Waals surface area contributed by atoms with Crippen molar-refractivity contribution in [1.29, 1.82) is 0 Å². The lowest BCUT2D eigenvalue weighted by Crippen LogP contribution is -2.16. The second-order valence-corrected chi connectivity index (χ2v) is 4.26. The lowest BCUT2D eigenvalue weighted by molar-refractivity contribution is -0.274. The summed E-state index contributed by atoms with van der Waals surface area (Å²) in [7, 11) is 1.59. The van der Waals surface area contributed by atoms with Gasteiger partial charge in [0.25, 0.3) is 0 Å². The van der Waals surface area contributed by atoms with Crippen molar-refractivity contribution < 1.29 is 22.6 Å². The van der Waals surface area contributed by atoms with E-state index in [4.69, 9.17) is 4.74 Å². The molecule has 0 aliphatic heterocycles. The smallest absolute Gasteiger partial charge is 0.496 e. The van der Waals surface area contributed by atoms with Gasteiger partial charge in [0.15, 0.2) is 0 Å². The molecular formula is C15H13F3O2. The Hall–Kier alpha value is -2.17. The summed E-state index contributed by atoms with van der Waals surface area (Å²) in [4.78, 5) is 0. The van der Waals surface area contributed by atoms with Crippen LogP contribution < -0.4 is 9.47 Å². The highest BCUT2D eigenvalue weighted by atomic mass is 19.4. The van der Waals surface area contributed by atoms with E-state index in [0.29, 0.717) is 0 Å². The zero-order valence-corrected chi connectivity index (χ0v) is 11.0. The van der Waals surface area contributed by atoms with Gasteiger partial charge in [-0.25, -0.2) is 0 Å². The van der Waals surface area contributed by atoms with Crippen molar-refractivity contribution in [3.8, 4) is 22.6 Å². The molecule has 0 spiro atoms. The summed E-state index contributed by atoms with van der Waals surface area (Å²) in [6.07, 6.45) is -4.67. The van der Waals surface area contributed by atoms with Gasteiger partial charge in [-0.3, -0.25) is 0 Å². The molecule has 0 fully saturated rings. The molecule has 5 heteroatoms. The second kappa shape index (κ2) is 5.45. The van der Waals surface area contributed by atoms with Crippen LogP contribution in [0.3, 0.4) is 0 Å². The number of rotatable bonds is 3. The topological polar surface area (TPSA) is 18.5 Å². The molecule has 2 aromatic carbocycles. The Morgan fingerprint density at radius 1 is 0.900 bits per heavy atom. The Kier molecular flexibility index (Phi) is 3.88. The van der Waals surface area contributed by atoms with E-state index in [0.717, 1.165) is 22.4 Å². The highest BCUT2D eigenvalue weighted by Crippen LogP contribution is 2.29. The number of ether oxygens (including phenoxy) is 2. The van der Waals surface area contributed by atoms with Crippen LogP contribution in [0.2, 0.25) is 0 Å². The van der Waals surface area contributed by atoms with Crippen molar-refractivity contribution in [3.05, 3.63) is 48.0 Å². The molecule has 0 radical (unpaired) electrons. The molecule has 0 bridgehead atoms. The summed E-state index contributed by atoms with van der Waals surface area (Å²) in [6.45, 7) is 1.91. The number of hydrogen-bond donors (Lipinski definition) is 0. The van der Waals surface area contributed by atoms with Crippen LogP contribution in [0.15, 0.2) is 42.5 Å². The van der Waals surface area contributed by atoms with Crippen LogP contribution >= 0.6 is 0 Å². The van der Waals surface area contributed by atoms with E-state index in [-0.39, 0.29) is 5.75 Å². The van der Waals surface area contributed by atoms with E-state index in [2.05, 4.69) is 4.74 Å². The molecular weight excluding hydrogens is 269 g/mol. The first-order chi connectivity index (χ1) is 9.39. The Balaban J connectivity index is 2.24. The van der Waals surface area contributed by atoms with Gasteiger partial charge < -0.3 is 9.47 Å². The highest BCUT2D eigenvalue weighted by Gasteiger charge is 2.30. The van der Waals surface area contributed by atoms with Gasteiger partial charge in [0, 0.05) is 0 Å². The monoisotopic (exact) mass is 282 g/mol. The van der Waals surface area contributed by atoms with Crippen LogP contribution in [0, 0.1) is 6.92 Å². The van der Waals surface area contributed by atoms with Crippen molar-refractivity contribution >= 4 is 0 Å². The standard InChI is InChI=1S/C15H13F3O2/c1-10-9-12(5-8-14(10)19-2)11-3-6-13(7-4-11)20-15(16,17)18/h3-9H,1-2H3. The first-order valence-corrected chi connectivity index (χ1v) is 5.90. The fourth-order valence-electron chi connectivity index (χ4n) is 1.91. The minimum absolute atomic E-state index is 0.230. The average Bonchev–Trinajstić information content (AvgIpc) is 2.37. The molecule has 0 heterocycles. The molecule has 0 aliphatic carbocycles. The van der Waals surface area contributed by atoms with E-state index in [9.17, 15) is 13.2 Å². The van der Waals surface area contributed by atoms with Crippen LogP contribution in [0.5, 0.6) is 11.5 Å². The number of halogens is 3. The molecule has 2 aromatic rings. The summed E-state index contributed by atoms with van der Waals surface area (Å²) < 4.78 is 45.2. The molecule has 0 aliphatic rings. The van der Waals surface area contributed by atoms with Gasteiger partial charge in [0.05, 0.1) is 7.11 Å². The van der Waals surface area contributed by atoms with Crippen molar-refractivity contribution in [3.63, 3.8) is 0 Å². The van der Waals surface area contributed by atoms with E-state index < -0.39 is 6.36 Å². The van der Waals surface area contributed by atoms with Gasteiger partial charge >= 0.3 is 6.36 Å². The molecule has 106 valence electrons. The zero-order chi connectivity index (χ0) is 14.8. The van der Waals surface area contributed by atoms with Crippen molar-refractivity contribution in [1.82, 2.24) is 0 Å². The first-order valence-electron chi connectivity index (χ1n) is 5.90. The van der Waals surface area contributed by atoms with Crippen LogP contribution in [0.4, 0.5) is 13.2 Å². The predicted molar refractivity (Wildman–Crippen MR) is 69.9 cm³/mol. The molecule has 0 saturated carbocycles. The summed E-state index contributed by atoms with van der Waals surface area (Å²) in [6, 6.07) is 11.4. The Morgan fingerprint density at radius 2 is 1.50 bits per heavy atom. The van der Waals surface area contributed by atoms with E-state index >= 15 is 0 Å². The van der Waals surface area contributed by atoms with Gasteiger partial charge in [-0.05, 0) is 47.9 Å². The normalized spacial score (nSPS) is 11.2. The third-order valence-electron chi connectivity index (χ3n) is 2.82. The third-order valence-corrected chi connectivity index (χ3v) is 2.82. The molecule has 0 amide bonds. The number of hydrogen-bond acceptors (Lipinski definition) is 2. The third kappa shape index (κ3) is 3.44. The van der Waals surface area contributed by atoms with E-state index in [1.807, 2.05) is 25.1 Å². The quantitative estimate of drug-likeness (QED) is 0.821. The first kappa shape index (κ1) is 14.2. The van der Waals surface area contributed by atoms with Crippen LogP contribution in [-0.4, -0.2) is 13.5 Å².